The summed E-state index contributed by atoms with van der Waals surface area (Å²) in [6, 6.07) is 19.4. The summed E-state index contributed by atoms with van der Waals surface area (Å²) in [6.45, 7) is 3.54. The van der Waals surface area contributed by atoms with Crippen molar-refractivity contribution in [2.45, 2.75) is 26.3 Å². The molecule has 1 N–H and O–H groups in total. The molecule has 0 fully saturated rings. The van der Waals surface area contributed by atoms with Gasteiger partial charge in [0.1, 0.15) is 5.75 Å². The van der Waals surface area contributed by atoms with Gasteiger partial charge in [-0.3, -0.25) is 9.59 Å². The highest BCUT2D eigenvalue weighted by Crippen LogP contribution is 2.24. The van der Waals surface area contributed by atoms with Gasteiger partial charge in [-0.25, -0.2) is 0 Å². The number of fused-ring (bicyclic) bond motifs is 1. The predicted octanol–water partition coefficient (Wildman–Crippen LogP) is 4.12. The maximum Gasteiger partial charge on any atom is 0.310 e. The zero-order chi connectivity index (χ0) is 20.8. The summed E-state index contributed by atoms with van der Waals surface area (Å²) >= 11 is 0. The third-order valence-corrected chi connectivity index (χ3v) is 4.80. The number of ether oxygens (including phenoxy) is 2. The Morgan fingerprint density at radius 1 is 1.03 bits per heavy atom. The van der Waals surface area contributed by atoms with E-state index in [1.807, 2.05) is 74.5 Å². The van der Waals surface area contributed by atoms with E-state index < -0.39 is 5.97 Å². The van der Waals surface area contributed by atoms with Crippen LogP contribution in [0.4, 0.5) is 0 Å². The summed E-state index contributed by atoms with van der Waals surface area (Å²) in [5.74, 6) is -0.182. The van der Waals surface area contributed by atoms with Gasteiger partial charge in [-0.15, -0.1) is 0 Å². The van der Waals surface area contributed by atoms with Crippen LogP contribution in [0.5, 0.6) is 5.75 Å². The van der Waals surface area contributed by atoms with Gasteiger partial charge in [-0.1, -0.05) is 60.2 Å². The number of hydrogen-bond donors (Lipinski definition) is 1. The fourth-order valence-corrected chi connectivity index (χ4v) is 3.39. The van der Waals surface area contributed by atoms with E-state index in [9.17, 15) is 9.59 Å². The number of esters is 1. The van der Waals surface area contributed by atoms with Crippen LogP contribution in [0.3, 0.4) is 0 Å². The number of benzene rings is 3. The lowest BCUT2D eigenvalue weighted by Crippen LogP contribution is -2.31. The van der Waals surface area contributed by atoms with Gasteiger partial charge in [0.2, 0.25) is 0 Å². The summed E-state index contributed by atoms with van der Waals surface area (Å²) in [6.07, 6.45) is 0.0526. The molecule has 0 spiro atoms. The molecule has 3 aromatic carbocycles. The molecule has 1 atom stereocenters. The van der Waals surface area contributed by atoms with Crippen LogP contribution in [-0.4, -0.2) is 25.6 Å². The maximum atomic E-state index is 12.3. The molecule has 5 heteroatoms. The van der Waals surface area contributed by atoms with Crippen LogP contribution in [0.15, 0.2) is 60.7 Å². The van der Waals surface area contributed by atoms with Gasteiger partial charge in [0.15, 0.2) is 6.61 Å². The Morgan fingerprint density at radius 2 is 1.79 bits per heavy atom. The summed E-state index contributed by atoms with van der Waals surface area (Å²) in [5, 5.41) is 5.10. The van der Waals surface area contributed by atoms with E-state index in [0.29, 0.717) is 5.75 Å². The molecule has 0 aromatic heterocycles. The molecule has 5 nitrogen and oxygen atoms in total. The molecule has 29 heavy (non-hydrogen) atoms. The molecule has 0 saturated carbocycles. The normalized spacial score (nSPS) is 11.7. The smallest absolute Gasteiger partial charge is 0.310 e. The largest absolute Gasteiger partial charge is 0.496 e. The summed E-state index contributed by atoms with van der Waals surface area (Å²) < 4.78 is 10.4. The first-order chi connectivity index (χ1) is 14.0. The number of rotatable bonds is 7. The molecule has 0 bridgehead atoms. The Bertz CT molecular complexity index is 1020. The van der Waals surface area contributed by atoms with Crippen LogP contribution in [0.1, 0.15) is 29.7 Å². The second kappa shape index (κ2) is 9.24. The van der Waals surface area contributed by atoms with Gasteiger partial charge in [0, 0.05) is 5.56 Å². The zero-order valence-electron chi connectivity index (χ0n) is 16.9. The van der Waals surface area contributed by atoms with Crippen molar-refractivity contribution in [2.24, 2.45) is 0 Å². The van der Waals surface area contributed by atoms with Crippen LogP contribution < -0.4 is 10.1 Å². The van der Waals surface area contributed by atoms with E-state index in [1.165, 1.54) is 0 Å². The first-order valence-electron chi connectivity index (χ1n) is 9.54. The van der Waals surface area contributed by atoms with Crippen molar-refractivity contribution in [3.63, 3.8) is 0 Å². The number of amides is 1. The molecule has 0 unspecified atom stereocenters. The van der Waals surface area contributed by atoms with Gasteiger partial charge in [-0.2, -0.15) is 0 Å². The predicted molar refractivity (Wildman–Crippen MR) is 113 cm³/mol. The second-order valence-electron chi connectivity index (χ2n) is 7.01. The number of aryl methyl sites for hydroxylation is 1. The molecule has 3 aromatic rings. The number of methoxy groups -OCH3 is 1. The summed E-state index contributed by atoms with van der Waals surface area (Å²) in [7, 11) is 1.56. The average Bonchev–Trinajstić information content (AvgIpc) is 2.72. The summed E-state index contributed by atoms with van der Waals surface area (Å²) in [5.41, 5.74) is 2.78. The number of carbonyl (C=O) groups excluding carboxylic acids is 2. The molecular weight excluding hydrogens is 366 g/mol. The number of hydrogen-bond acceptors (Lipinski definition) is 4. The molecular formula is C24H25NO4. The highest BCUT2D eigenvalue weighted by Gasteiger charge is 2.15. The van der Waals surface area contributed by atoms with E-state index >= 15 is 0 Å². The molecule has 0 radical (unpaired) electrons. The van der Waals surface area contributed by atoms with Crippen LogP contribution in [0, 0.1) is 6.92 Å². The van der Waals surface area contributed by atoms with Gasteiger partial charge in [0.05, 0.1) is 19.6 Å². The van der Waals surface area contributed by atoms with Crippen molar-refractivity contribution < 1.29 is 19.1 Å². The Morgan fingerprint density at radius 3 is 2.59 bits per heavy atom. The molecule has 150 valence electrons. The highest BCUT2D eigenvalue weighted by molar-refractivity contribution is 5.87. The van der Waals surface area contributed by atoms with E-state index in [-0.39, 0.29) is 25.0 Å². The Balaban J connectivity index is 1.57. The van der Waals surface area contributed by atoms with Crippen molar-refractivity contribution in [1.82, 2.24) is 5.32 Å². The first kappa shape index (κ1) is 20.4. The zero-order valence-corrected chi connectivity index (χ0v) is 16.9. The average molecular weight is 391 g/mol. The van der Waals surface area contributed by atoms with Crippen molar-refractivity contribution in [3.05, 3.63) is 77.4 Å². The van der Waals surface area contributed by atoms with Gasteiger partial charge in [0.25, 0.3) is 5.91 Å². The van der Waals surface area contributed by atoms with Crippen molar-refractivity contribution in [2.75, 3.05) is 13.7 Å². The van der Waals surface area contributed by atoms with Crippen molar-refractivity contribution >= 4 is 22.6 Å². The maximum absolute atomic E-state index is 12.3. The van der Waals surface area contributed by atoms with E-state index in [1.54, 1.807) is 7.11 Å². The lowest BCUT2D eigenvalue weighted by molar-refractivity contribution is -0.148. The molecule has 1 amide bonds. The highest BCUT2D eigenvalue weighted by atomic mass is 16.5. The number of nitrogens with one attached hydrogen (secondary N) is 1. The topological polar surface area (TPSA) is 64.6 Å². The molecule has 0 aliphatic rings. The quantitative estimate of drug-likeness (QED) is 0.616. The fraction of sp³-hybridized carbons (Fsp3) is 0.250. The Labute approximate surface area is 170 Å². The van der Waals surface area contributed by atoms with E-state index in [4.69, 9.17) is 9.47 Å². The molecule has 0 heterocycles. The van der Waals surface area contributed by atoms with Crippen molar-refractivity contribution in [3.8, 4) is 5.75 Å². The van der Waals surface area contributed by atoms with Crippen LogP contribution in [0.2, 0.25) is 0 Å². The minimum atomic E-state index is -0.470. The SMILES string of the molecule is COc1ccc(C)cc1CC(=O)OCC(=O)N[C@H](C)c1cccc2ccccc12. The lowest BCUT2D eigenvalue weighted by Gasteiger charge is -2.17. The standard InChI is InChI=1S/C24H25NO4/c1-16-11-12-22(28-3)19(13-16)14-24(27)29-15-23(26)25-17(2)20-10-6-8-18-7-4-5-9-21(18)20/h4-13,17H,14-15H2,1-3H3,(H,25,26)/t17-/m1/s1. The van der Waals surface area contributed by atoms with Crippen molar-refractivity contribution in [1.29, 1.82) is 0 Å². The number of carbonyl (C=O) groups is 2. The third-order valence-electron chi connectivity index (χ3n) is 4.80. The van der Waals surface area contributed by atoms with Crippen LogP contribution in [-0.2, 0) is 20.7 Å². The van der Waals surface area contributed by atoms with Crippen LogP contribution >= 0.6 is 0 Å². The molecule has 0 saturated heterocycles. The third kappa shape index (κ3) is 5.13. The van der Waals surface area contributed by atoms with E-state index in [2.05, 4.69) is 5.32 Å². The molecule has 0 aliphatic heterocycles. The monoisotopic (exact) mass is 391 g/mol. The Kier molecular flexibility index (Phi) is 6.50. The molecule has 0 aliphatic carbocycles. The minimum absolute atomic E-state index is 0.0526. The minimum Gasteiger partial charge on any atom is -0.496 e. The van der Waals surface area contributed by atoms with E-state index in [0.717, 1.165) is 27.5 Å². The van der Waals surface area contributed by atoms with Gasteiger partial charge in [-0.05, 0) is 36.2 Å². The Hall–Kier alpha value is -3.34. The second-order valence-corrected chi connectivity index (χ2v) is 7.01. The lowest BCUT2D eigenvalue weighted by atomic mass is 10.00. The van der Waals surface area contributed by atoms with Crippen LogP contribution in [0.25, 0.3) is 10.8 Å². The fourth-order valence-electron chi connectivity index (χ4n) is 3.39. The molecule has 3 rings (SSSR count). The first-order valence-corrected chi connectivity index (χ1v) is 9.54. The van der Waals surface area contributed by atoms with Gasteiger partial charge < -0.3 is 14.8 Å². The summed E-state index contributed by atoms with van der Waals surface area (Å²) in [4.78, 5) is 24.5. The van der Waals surface area contributed by atoms with Gasteiger partial charge >= 0.3 is 5.97 Å².